The maximum atomic E-state index is 11.1. The monoisotopic (exact) mass is 205 g/mol. The second-order valence-electron chi connectivity index (χ2n) is 3.14. The topological polar surface area (TPSA) is 47.9 Å². The number of aliphatic imine (C=N–C) groups is 1. The first-order valence-electron chi connectivity index (χ1n) is 4.64. The van der Waals surface area contributed by atoms with Crippen LogP contribution in [0.5, 0.6) is 0 Å². The summed E-state index contributed by atoms with van der Waals surface area (Å²) in [4.78, 5) is 15.1. The van der Waals surface area contributed by atoms with Gasteiger partial charge in [0.05, 0.1) is 7.11 Å². The molecular formula is C11H11NO3. The van der Waals surface area contributed by atoms with Gasteiger partial charge in [0.15, 0.2) is 0 Å². The predicted molar refractivity (Wildman–Crippen MR) is 54.6 cm³/mol. The van der Waals surface area contributed by atoms with Crippen LogP contribution in [-0.2, 0) is 14.3 Å². The molecule has 2 rings (SSSR count). The molecule has 0 aliphatic carbocycles. The smallest absolute Gasteiger partial charge is 0.328 e. The zero-order valence-electron chi connectivity index (χ0n) is 8.34. The maximum absolute atomic E-state index is 11.1. The lowest BCUT2D eigenvalue weighted by atomic mass is 10.1. The van der Waals surface area contributed by atoms with E-state index < -0.39 is 6.10 Å². The molecule has 4 nitrogen and oxygen atoms in total. The fourth-order valence-corrected chi connectivity index (χ4v) is 1.45. The number of ether oxygens (including phenoxy) is 2. The highest BCUT2D eigenvalue weighted by Crippen LogP contribution is 2.22. The molecule has 0 amide bonds. The summed E-state index contributed by atoms with van der Waals surface area (Å²) in [5.74, 6) is 0.116. The fourth-order valence-electron chi connectivity index (χ4n) is 1.45. The van der Waals surface area contributed by atoms with Crippen molar-refractivity contribution >= 4 is 11.9 Å². The van der Waals surface area contributed by atoms with Gasteiger partial charge in [-0.3, -0.25) is 4.79 Å². The minimum atomic E-state index is -0.502. The van der Waals surface area contributed by atoms with E-state index >= 15 is 0 Å². The van der Waals surface area contributed by atoms with E-state index in [2.05, 4.69) is 4.99 Å². The molecule has 15 heavy (non-hydrogen) atoms. The van der Waals surface area contributed by atoms with Crippen molar-refractivity contribution < 1.29 is 14.3 Å². The van der Waals surface area contributed by atoms with Gasteiger partial charge in [-0.15, -0.1) is 0 Å². The third kappa shape index (κ3) is 1.98. The molecule has 1 aromatic carbocycles. The van der Waals surface area contributed by atoms with Gasteiger partial charge < -0.3 is 9.47 Å². The Balaban J connectivity index is 2.31. The molecule has 0 spiro atoms. The molecule has 1 aliphatic rings. The minimum Gasteiger partial charge on any atom is -0.481 e. The third-order valence-corrected chi connectivity index (χ3v) is 2.15. The Morgan fingerprint density at radius 1 is 1.40 bits per heavy atom. The molecule has 78 valence electrons. The highest BCUT2D eigenvalue weighted by atomic mass is 16.6. The number of cyclic esters (lactones) is 1. The maximum Gasteiger partial charge on any atom is 0.328 e. The molecule has 0 aromatic heterocycles. The molecule has 1 atom stereocenters. The Morgan fingerprint density at radius 2 is 2.13 bits per heavy atom. The SMILES string of the molecule is COC1=NCC(=O)OC1c1ccccc1. The Hall–Kier alpha value is -1.84. The highest BCUT2D eigenvalue weighted by molar-refractivity contribution is 5.89. The Bertz CT molecular complexity index is 386. The van der Waals surface area contributed by atoms with Gasteiger partial charge in [0.25, 0.3) is 0 Å². The molecular weight excluding hydrogens is 194 g/mol. The molecule has 0 N–H and O–H groups in total. The van der Waals surface area contributed by atoms with E-state index in [4.69, 9.17) is 9.47 Å². The van der Waals surface area contributed by atoms with Crippen LogP contribution in [-0.4, -0.2) is 25.5 Å². The van der Waals surface area contributed by atoms with E-state index in [9.17, 15) is 4.79 Å². The molecule has 0 fully saturated rings. The number of methoxy groups -OCH3 is 1. The van der Waals surface area contributed by atoms with Gasteiger partial charge in [0.2, 0.25) is 12.0 Å². The highest BCUT2D eigenvalue weighted by Gasteiger charge is 2.27. The molecule has 1 aliphatic heterocycles. The van der Waals surface area contributed by atoms with Crippen molar-refractivity contribution in [2.75, 3.05) is 13.7 Å². The van der Waals surface area contributed by atoms with Gasteiger partial charge in [-0.05, 0) is 0 Å². The van der Waals surface area contributed by atoms with Crippen molar-refractivity contribution in [1.29, 1.82) is 0 Å². The van der Waals surface area contributed by atoms with Crippen LogP contribution >= 0.6 is 0 Å². The number of hydrogen-bond donors (Lipinski definition) is 0. The molecule has 1 unspecified atom stereocenters. The van der Waals surface area contributed by atoms with Crippen molar-refractivity contribution in [2.24, 2.45) is 4.99 Å². The third-order valence-electron chi connectivity index (χ3n) is 2.15. The van der Waals surface area contributed by atoms with Crippen molar-refractivity contribution in [1.82, 2.24) is 0 Å². The summed E-state index contributed by atoms with van der Waals surface area (Å²) >= 11 is 0. The molecule has 1 heterocycles. The van der Waals surface area contributed by atoms with Crippen LogP contribution in [0, 0.1) is 0 Å². The molecule has 0 bridgehead atoms. The van der Waals surface area contributed by atoms with Crippen LogP contribution in [0.4, 0.5) is 0 Å². The van der Waals surface area contributed by atoms with Crippen LogP contribution in [0.25, 0.3) is 0 Å². The predicted octanol–water partition coefficient (Wildman–Crippen LogP) is 1.33. The summed E-state index contributed by atoms with van der Waals surface area (Å²) < 4.78 is 10.3. The Labute approximate surface area is 87.5 Å². The van der Waals surface area contributed by atoms with E-state index in [1.54, 1.807) is 0 Å². The zero-order chi connectivity index (χ0) is 10.7. The summed E-state index contributed by atoms with van der Waals surface area (Å²) in [6, 6.07) is 9.41. The van der Waals surface area contributed by atoms with Gasteiger partial charge in [-0.2, -0.15) is 0 Å². The first-order valence-corrected chi connectivity index (χ1v) is 4.64. The summed E-state index contributed by atoms with van der Waals surface area (Å²) in [5, 5.41) is 0. The molecule has 4 heteroatoms. The summed E-state index contributed by atoms with van der Waals surface area (Å²) in [6.07, 6.45) is -0.502. The zero-order valence-corrected chi connectivity index (χ0v) is 8.34. The second-order valence-corrected chi connectivity index (χ2v) is 3.14. The number of carbonyl (C=O) groups is 1. The van der Waals surface area contributed by atoms with E-state index in [-0.39, 0.29) is 12.5 Å². The van der Waals surface area contributed by atoms with Gasteiger partial charge >= 0.3 is 5.97 Å². The van der Waals surface area contributed by atoms with E-state index in [1.165, 1.54) is 7.11 Å². The van der Waals surface area contributed by atoms with Crippen LogP contribution in [0.3, 0.4) is 0 Å². The Kier molecular flexibility index (Phi) is 2.67. The lowest BCUT2D eigenvalue weighted by molar-refractivity contribution is -0.146. The summed E-state index contributed by atoms with van der Waals surface area (Å²) in [5.41, 5.74) is 0.867. The van der Waals surface area contributed by atoms with Crippen LogP contribution in [0.15, 0.2) is 35.3 Å². The normalized spacial score (nSPS) is 20.5. The minimum absolute atomic E-state index is 0.0342. The largest absolute Gasteiger partial charge is 0.481 e. The Morgan fingerprint density at radius 3 is 2.80 bits per heavy atom. The number of carbonyl (C=O) groups excluding carboxylic acids is 1. The fraction of sp³-hybridized carbons (Fsp3) is 0.273. The second kappa shape index (κ2) is 4.13. The standard InChI is InChI=1S/C11H11NO3/c1-14-11-10(15-9(13)7-12-11)8-5-3-2-4-6-8/h2-6,10H,7H2,1H3. The average Bonchev–Trinajstić information content (AvgIpc) is 2.30. The van der Waals surface area contributed by atoms with E-state index in [0.29, 0.717) is 5.90 Å². The number of benzene rings is 1. The van der Waals surface area contributed by atoms with Crippen molar-refractivity contribution in [3.63, 3.8) is 0 Å². The molecule has 0 radical (unpaired) electrons. The van der Waals surface area contributed by atoms with Crippen LogP contribution in [0.2, 0.25) is 0 Å². The number of hydrogen-bond acceptors (Lipinski definition) is 4. The van der Waals surface area contributed by atoms with Crippen molar-refractivity contribution in [2.45, 2.75) is 6.10 Å². The number of rotatable bonds is 1. The summed E-state index contributed by atoms with van der Waals surface area (Å²) in [7, 11) is 1.52. The molecule has 1 aromatic rings. The van der Waals surface area contributed by atoms with Crippen LogP contribution in [0.1, 0.15) is 11.7 Å². The average molecular weight is 205 g/mol. The number of nitrogens with zero attached hydrogens (tertiary/aromatic N) is 1. The molecule has 0 saturated heterocycles. The van der Waals surface area contributed by atoms with Crippen molar-refractivity contribution in [3.8, 4) is 0 Å². The lowest BCUT2D eigenvalue weighted by Gasteiger charge is -2.22. The van der Waals surface area contributed by atoms with Gasteiger partial charge in [-0.1, -0.05) is 30.3 Å². The van der Waals surface area contributed by atoms with E-state index in [1.807, 2.05) is 30.3 Å². The van der Waals surface area contributed by atoms with Crippen molar-refractivity contribution in [3.05, 3.63) is 35.9 Å². The summed E-state index contributed by atoms with van der Waals surface area (Å²) in [6.45, 7) is 0.0342. The van der Waals surface area contributed by atoms with Gasteiger partial charge in [-0.25, -0.2) is 4.99 Å². The van der Waals surface area contributed by atoms with Gasteiger partial charge in [0, 0.05) is 5.56 Å². The lowest BCUT2D eigenvalue weighted by Crippen LogP contribution is -2.28. The van der Waals surface area contributed by atoms with E-state index in [0.717, 1.165) is 5.56 Å². The van der Waals surface area contributed by atoms with Crippen LogP contribution < -0.4 is 0 Å². The number of esters is 1. The molecule has 0 saturated carbocycles. The first-order chi connectivity index (χ1) is 7.31. The quantitative estimate of drug-likeness (QED) is 0.650. The first kappa shape index (κ1) is 9.71. The van der Waals surface area contributed by atoms with Gasteiger partial charge in [0.1, 0.15) is 6.54 Å².